The van der Waals surface area contributed by atoms with Crippen LogP contribution in [-0.2, 0) is 24.3 Å². The van der Waals surface area contributed by atoms with E-state index in [1.54, 1.807) is 30.2 Å². The molecule has 0 saturated heterocycles. The van der Waals surface area contributed by atoms with Gasteiger partial charge in [-0.15, -0.1) is 16.8 Å². The summed E-state index contributed by atoms with van der Waals surface area (Å²) in [6, 6.07) is 16.2. The third kappa shape index (κ3) is 5.77. The van der Waals surface area contributed by atoms with E-state index in [9.17, 15) is 9.18 Å². The average molecular weight is 411 g/mol. The molecule has 2 aromatic carbocycles. The van der Waals surface area contributed by atoms with Crippen molar-refractivity contribution in [3.63, 3.8) is 0 Å². The van der Waals surface area contributed by atoms with Gasteiger partial charge in [0, 0.05) is 26.6 Å². The zero-order valence-corrected chi connectivity index (χ0v) is 17.1. The molecule has 1 heterocycles. The van der Waals surface area contributed by atoms with E-state index in [1.165, 1.54) is 23.9 Å². The van der Waals surface area contributed by atoms with E-state index in [-0.39, 0.29) is 17.5 Å². The van der Waals surface area contributed by atoms with Crippen LogP contribution in [0.15, 0.2) is 72.4 Å². The van der Waals surface area contributed by atoms with Gasteiger partial charge >= 0.3 is 0 Å². The van der Waals surface area contributed by atoms with Crippen molar-refractivity contribution in [1.82, 2.24) is 19.7 Å². The minimum absolute atomic E-state index is 0.0305. The topological polar surface area (TPSA) is 51.0 Å². The summed E-state index contributed by atoms with van der Waals surface area (Å²) in [5.41, 5.74) is 2.03. The SMILES string of the molecule is C=CCn1c(Cc2ccccc2)nnc1SCC(=O)N(C)Cc1ccc(F)cc1. The van der Waals surface area contributed by atoms with E-state index < -0.39 is 0 Å². The van der Waals surface area contributed by atoms with Gasteiger partial charge in [-0.1, -0.05) is 60.3 Å². The lowest BCUT2D eigenvalue weighted by Crippen LogP contribution is -2.27. The smallest absolute Gasteiger partial charge is 0.233 e. The van der Waals surface area contributed by atoms with Crippen molar-refractivity contribution in [2.75, 3.05) is 12.8 Å². The van der Waals surface area contributed by atoms with Crippen molar-refractivity contribution >= 4 is 17.7 Å². The lowest BCUT2D eigenvalue weighted by molar-refractivity contribution is -0.127. The van der Waals surface area contributed by atoms with Crippen LogP contribution in [0.2, 0.25) is 0 Å². The molecular weight excluding hydrogens is 387 g/mol. The van der Waals surface area contributed by atoms with Gasteiger partial charge in [-0.3, -0.25) is 4.79 Å². The molecule has 0 N–H and O–H groups in total. The fraction of sp³-hybridized carbons (Fsp3) is 0.227. The quantitative estimate of drug-likeness (QED) is 0.396. The molecule has 0 aliphatic heterocycles. The van der Waals surface area contributed by atoms with E-state index in [0.29, 0.717) is 24.7 Å². The number of carbonyl (C=O) groups excluding carboxylic acids is 1. The molecule has 1 aromatic heterocycles. The van der Waals surface area contributed by atoms with Crippen molar-refractivity contribution in [2.45, 2.75) is 24.7 Å². The van der Waals surface area contributed by atoms with E-state index in [2.05, 4.69) is 16.8 Å². The second-order valence-electron chi connectivity index (χ2n) is 6.63. The lowest BCUT2D eigenvalue weighted by atomic mass is 10.1. The van der Waals surface area contributed by atoms with Gasteiger partial charge in [-0.05, 0) is 23.3 Å². The Hall–Kier alpha value is -2.93. The van der Waals surface area contributed by atoms with Crippen LogP contribution in [0.4, 0.5) is 4.39 Å². The van der Waals surface area contributed by atoms with Crippen molar-refractivity contribution in [1.29, 1.82) is 0 Å². The van der Waals surface area contributed by atoms with Gasteiger partial charge in [-0.2, -0.15) is 0 Å². The molecule has 0 fully saturated rings. The van der Waals surface area contributed by atoms with Crippen molar-refractivity contribution in [3.05, 3.63) is 90.0 Å². The van der Waals surface area contributed by atoms with E-state index in [4.69, 9.17) is 0 Å². The highest BCUT2D eigenvalue weighted by atomic mass is 32.2. The van der Waals surface area contributed by atoms with Gasteiger partial charge < -0.3 is 9.47 Å². The molecule has 0 unspecified atom stereocenters. The third-order valence-electron chi connectivity index (χ3n) is 4.39. The maximum absolute atomic E-state index is 13.0. The zero-order chi connectivity index (χ0) is 20.6. The number of nitrogens with zero attached hydrogens (tertiary/aromatic N) is 4. The summed E-state index contributed by atoms with van der Waals surface area (Å²) < 4.78 is 15.0. The van der Waals surface area contributed by atoms with Crippen LogP contribution in [0.25, 0.3) is 0 Å². The highest BCUT2D eigenvalue weighted by Gasteiger charge is 2.16. The molecule has 0 saturated carbocycles. The standard InChI is InChI=1S/C22H23FN4OS/c1-3-13-27-20(14-17-7-5-4-6-8-17)24-25-22(27)29-16-21(28)26(2)15-18-9-11-19(23)12-10-18/h3-12H,1,13-16H2,2H3. The Bertz CT molecular complexity index is 957. The second-order valence-corrected chi connectivity index (χ2v) is 7.57. The summed E-state index contributed by atoms with van der Waals surface area (Å²) in [6.07, 6.45) is 2.46. The normalized spacial score (nSPS) is 10.7. The lowest BCUT2D eigenvalue weighted by Gasteiger charge is -2.17. The summed E-state index contributed by atoms with van der Waals surface area (Å²) in [7, 11) is 1.74. The Morgan fingerprint density at radius 1 is 1.14 bits per heavy atom. The number of halogens is 1. The minimum atomic E-state index is -0.286. The van der Waals surface area contributed by atoms with Crippen LogP contribution in [0.3, 0.4) is 0 Å². The van der Waals surface area contributed by atoms with Gasteiger partial charge in [0.25, 0.3) is 0 Å². The number of hydrogen-bond donors (Lipinski definition) is 0. The van der Waals surface area contributed by atoms with Crippen molar-refractivity contribution in [2.24, 2.45) is 0 Å². The molecule has 0 aliphatic carbocycles. The first-order valence-electron chi connectivity index (χ1n) is 9.25. The fourth-order valence-corrected chi connectivity index (χ4v) is 3.74. The van der Waals surface area contributed by atoms with Gasteiger partial charge in [0.05, 0.1) is 5.75 Å². The molecule has 3 aromatic rings. The second kappa shape index (κ2) is 10.0. The van der Waals surface area contributed by atoms with Crippen LogP contribution in [0.5, 0.6) is 0 Å². The van der Waals surface area contributed by atoms with Crippen LogP contribution >= 0.6 is 11.8 Å². The molecule has 29 heavy (non-hydrogen) atoms. The number of allylic oxidation sites excluding steroid dienone is 1. The molecule has 150 valence electrons. The number of benzene rings is 2. The van der Waals surface area contributed by atoms with E-state index in [0.717, 1.165) is 17.0 Å². The first-order chi connectivity index (χ1) is 14.1. The van der Waals surface area contributed by atoms with Crippen molar-refractivity contribution in [3.8, 4) is 0 Å². The van der Waals surface area contributed by atoms with Gasteiger partial charge in [0.2, 0.25) is 5.91 Å². The minimum Gasteiger partial charge on any atom is -0.341 e. The Labute approximate surface area is 174 Å². The molecule has 0 spiro atoms. The zero-order valence-electron chi connectivity index (χ0n) is 16.3. The van der Waals surface area contributed by atoms with Crippen molar-refractivity contribution < 1.29 is 9.18 Å². The maximum atomic E-state index is 13.0. The Morgan fingerprint density at radius 3 is 2.55 bits per heavy atom. The molecule has 7 heteroatoms. The Morgan fingerprint density at radius 2 is 1.86 bits per heavy atom. The molecular formula is C22H23FN4OS. The Kier molecular flexibility index (Phi) is 7.19. The highest BCUT2D eigenvalue weighted by Crippen LogP contribution is 2.20. The Balaban J connectivity index is 1.62. The fourth-order valence-electron chi connectivity index (χ4n) is 2.84. The predicted octanol–water partition coefficient (Wildman–Crippen LogP) is 3.94. The average Bonchev–Trinajstić information content (AvgIpc) is 3.10. The third-order valence-corrected chi connectivity index (χ3v) is 5.35. The monoisotopic (exact) mass is 410 g/mol. The number of thioether (sulfide) groups is 1. The maximum Gasteiger partial charge on any atom is 0.233 e. The molecule has 5 nitrogen and oxygen atoms in total. The summed E-state index contributed by atoms with van der Waals surface area (Å²) in [5, 5.41) is 9.28. The summed E-state index contributed by atoms with van der Waals surface area (Å²) >= 11 is 1.36. The van der Waals surface area contributed by atoms with Gasteiger partial charge in [0.15, 0.2) is 5.16 Å². The largest absolute Gasteiger partial charge is 0.341 e. The number of aromatic nitrogens is 3. The van der Waals surface area contributed by atoms with E-state index in [1.807, 2.05) is 34.9 Å². The number of amides is 1. The molecule has 0 radical (unpaired) electrons. The first-order valence-corrected chi connectivity index (χ1v) is 10.2. The molecule has 0 bridgehead atoms. The molecule has 0 aliphatic rings. The van der Waals surface area contributed by atoms with Gasteiger partial charge in [-0.25, -0.2) is 4.39 Å². The highest BCUT2D eigenvalue weighted by molar-refractivity contribution is 7.99. The number of carbonyl (C=O) groups is 1. The molecule has 0 atom stereocenters. The number of rotatable bonds is 9. The first kappa shape index (κ1) is 20.8. The van der Waals surface area contributed by atoms with Crippen LogP contribution in [-0.4, -0.2) is 38.4 Å². The van der Waals surface area contributed by atoms with E-state index >= 15 is 0 Å². The molecule has 1 amide bonds. The predicted molar refractivity (Wildman–Crippen MR) is 113 cm³/mol. The summed E-state index contributed by atoms with van der Waals surface area (Å²) in [5.74, 6) is 0.770. The van der Waals surface area contributed by atoms with Crippen LogP contribution in [0.1, 0.15) is 17.0 Å². The molecule has 3 rings (SSSR count). The number of hydrogen-bond acceptors (Lipinski definition) is 4. The summed E-state index contributed by atoms with van der Waals surface area (Å²) in [4.78, 5) is 14.1. The van der Waals surface area contributed by atoms with Crippen LogP contribution < -0.4 is 0 Å². The summed E-state index contributed by atoms with van der Waals surface area (Å²) in [6.45, 7) is 4.82. The van der Waals surface area contributed by atoms with Crippen LogP contribution in [0, 0.1) is 5.82 Å². The van der Waals surface area contributed by atoms with Gasteiger partial charge in [0.1, 0.15) is 11.6 Å².